The van der Waals surface area contributed by atoms with Gasteiger partial charge in [-0.25, -0.2) is 0 Å². The molecule has 0 amide bonds. The maximum absolute atomic E-state index is 13.2. The fourth-order valence-corrected chi connectivity index (χ4v) is 4.77. The van der Waals surface area contributed by atoms with Crippen LogP contribution in [0.25, 0.3) is 0 Å². The molecule has 2 saturated heterocycles. The third-order valence-electron chi connectivity index (χ3n) is 7.13. The van der Waals surface area contributed by atoms with Gasteiger partial charge >= 0.3 is 0 Å². The average molecular weight is 479 g/mol. The van der Waals surface area contributed by atoms with Crippen molar-refractivity contribution in [1.82, 2.24) is 14.7 Å². The molecule has 4 rings (SSSR count). The van der Waals surface area contributed by atoms with Gasteiger partial charge in [0.2, 0.25) is 6.29 Å². The molecule has 7 nitrogen and oxygen atoms in total. The number of hydrogen-bond donors (Lipinski definition) is 0. The molecule has 2 aliphatic heterocycles. The predicted octanol–water partition coefficient (Wildman–Crippen LogP) is 2.86. The van der Waals surface area contributed by atoms with E-state index in [-0.39, 0.29) is 11.3 Å². The van der Waals surface area contributed by atoms with Crippen LogP contribution in [0.15, 0.2) is 42.5 Å². The molecule has 0 aliphatic carbocycles. The molecule has 2 aromatic rings. The maximum Gasteiger partial charge on any atom is 0.234 e. The number of carbonyl (C=O) groups is 1. The van der Waals surface area contributed by atoms with Gasteiger partial charge in [0.25, 0.3) is 0 Å². The Morgan fingerprint density at radius 1 is 0.943 bits per heavy atom. The molecule has 2 heterocycles. The quantitative estimate of drug-likeness (QED) is 0.460. The van der Waals surface area contributed by atoms with Crippen molar-refractivity contribution < 1.29 is 19.1 Å². The van der Waals surface area contributed by atoms with Crippen LogP contribution < -0.4 is 9.47 Å². The van der Waals surface area contributed by atoms with Crippen LogP contribution in [0.5, 0.6) is 11.5 Å². The van der Waals surface area contributed by atoms with Crippen molar-refractivity contribution in [2.45, 2.75) is 25.3 Å². The van der Waals surface area contributed by atoms with E-state index in [1.165, 1.54) is 12.8 Å². The fourth-order valence-electron chi connectivity index (χ4n) is 4.77. The van der Waals surface area contributed by atoms with E-state index in [2.05, 4.69) is 28.8 Å². The predicted molar refractivity (Wildman–Crippen MR) is 136 cm³/mol. The van der Waals surface area contributed by atoms with Gasteiger partial charge in [-0.3, -0.25) is 14.5 Å². The van der Waals surface area contributed by atoms with E-state index < -0.39 is 0 Å². The van der Waals surface area contributed by atoms with Crippen LogP contribution in [0.3, 0.4) is 0 Å². The molecule has 0 saturated carbocycles. The summed E-state index contributed by atoms with van der Waals surface area (Å²) in [4.78, 5) is 31.7. The Balaban J connectivity index is 1.32. The van der Waals surface area contributed by atoms with E-state index in [9.17, 15) is 9.59 Å². The number of ether oxygens (including phenoxy) is 2. The molecule has 187 valence electrons. The van der Waals surface area contributed by atoms with Crippen LogP contribution in [0.2, 0.25) is 0 Å². The molecule has 2 aliphatic rings. The molecular formula is C28H36N3O4. The smallest absolute Gasteiger partial charge is 0.234 e. The standard InChI is InChI=1S/C28H36N3O4/c1-29-13-15-31(16-14-29)17-19-35-25-8-5-22(6-9-25)28(33)27-20-26(10-7-23(27)21-32)34-18-11-24-4-3-12-30(24)2/h5-10,20,24H,3-4,11-19H2,1-2H3. The molecule has 0 spiro atoms. The van der Waals surface area contributed by atoms with Gasteiger partial charge in [-0.15, -0.1) is 0 Å². The summed E-state index contributed by atoms with van der Waals surface area (Å²) in [5.41, 5.74) is 1.04. The Morgan fingerprint density at radius 3 is 2.34 bits per heavy atom. The summed E-state index contributed by atoms with van der Waals surface area (Å²) in [6.07, 6.45) is 5.25. The van der Waals surface area contributed by atoms with Crippen molar-refractivity contribution in [2.24, 2.45) is 0 Å². The van der Waals surface area contributed by atoms with E-state index in [1.54, 1.807) is 42.5 Å². The van der Waals surface area contributed by atoms with Crippen molar-refractivity contribution in [2.75, 3.05) is 66.6 Å². The van der Waals surface area contributed by atoms with Crippen LogP contribution in [-0.2, 0) is 4.79 Å². The van der Waals surface area contributed by atoms with Crippen molar-refractivity contribution >= 4 is 12.1 Å². The Bertz CT molecular complexity index is 986. The topological polar surface area (TPSA) is 62.3 Å². The largest absolute Gasteiger partial charge is 0.494 e. The van der Waals surface area contributed by atoms with E-state index in [4.69, 9.17) is 9.47 Å². The molecule has 0 N–H and O–H groups in total. The first-order chi connectivity index (χ1) is 17.0. The second kappa shape index (κ2) is 12.3. The summed E-state index contributed by atoms with van der Waals surface area (Å²) in [5, 5.41) is 0. The monoisotopic (exact) mass is 478 g/mol. The highest BCUT2D eigenvalue weighted by molar-refractivity contribution is 6.13. The number of likely N-dealkylation sites (N-methyl/N-ethyl adjacent to an activating group) is 1. The minimum Gasteiger partial charge on any atom is -0.494 e. The van der Waals surface area contributed by atoms with Gasteiger partial charge in [-0.2, -0.15) is 0 Å². The molecule has 1 unspecified atom stereocenters. The van der Waals surface area contributed by atoms with Crippen LogP contribution in [0, 0.1) is 0 Å². The first-order valence-electron chi connectivity index (χ1n) is 12.6. The number of benzene rings is 2. The number of ketones is 1. The minimum atomic E-state index is -0.228. The molecule has 0 aromatic heterocycles. The number of likely N-dealkylation sites (tertiary alicyclic amines) is 1. The third-order valence-corrected chi connectivity index (χ3v) is 7.13. The van der Waals surface area contributed by atoms with Gasteiger partial charge in [0.1, 0.15) is 18.1 Å². The molecule has 0 bridgehead atoms. The molecule has 2 aromatic carbocycles. The summed E-state index contributed by atoms with van der Waals surface area (Å²) in [6, 6.07) is 12.6. The zero-order valence-electron chi connectivity index (χ0n) is 20.9. The second-order valence-corrected chi connectivity index (χ2v) is 9.57. The van der Waals surface area contributed by atoms with E-state index in [0.29, 0.717) is 36.1 Å². The van der Waals surface area contributed by atoms with E-state index >= 15 is 0 Å². The number of piperazine rings is 1. The molecule has 7 heteroatoms. The summed E-state index contributed by atoms with van der Waals surface area (Å²) >= 11 is 0. The van der Waals surface area contributed by atoms with E-state index in [1.807, 2.05) is 6.29 Å². The molecule has 1 atom stereocenters. The Kier molecular flexibility index (Phi) is 8.90. The maximum atomic E-state index is 13.2. The minimum absolute atomic E-state index is 0.228. The highest BCUT2D eigenvalue weighted by Gasteiger charge is 2.21. The Labute approximate surface area is 208 Å². The van der Waals surface area contributed by atoms with Gasteiger partial charge < -0.3 is 19.3 Å². The van der Waals surface area contributed by atoms with Crippen LogP contribution in [0.1, 0.15) is 40.7 Å². The Hall–Kier alpha value is -2.74. The van der Waals surface area contributed by atoms with Gasteiger partial charge in [-0.1, -0.05) is 0 Å². The zero-order chi connectivity index (χ0) is 24.6. The number of carbonyl (C=O) groups excluding carboxylic acids is 2. The van der Waals surface area contributed by atoms with Gasteiger partial charge in [-0.05, 0) is 82.4 Å². The normalized spacial score (nSPS) is 19.5. The van der Waals surface area contributed by atoms with Gasteiger partial charge in [0.15, 0.2) is 5.78 Å². The number of hydrogen-bond acceptors (Lipinski definition) is 7. The first kappa shape index (κ1) is 25.4. The highest BCUT2D eigenvalue weighted by atomic mass is 16.5. The van der Waals surface area contributed by atoms with Crippen molar-refractivity contribution in [3.8, 4) is 11.5 Å². The summed E-state index contributed by atoms with van der Waals surface area (Å²) < 4.78 is 11.8. The Morgan fingerprint density at radius 2 is 1.66 bits per heavy atom. The lowest BCUT2D eigenvalue weighted by atomic mass is 9.98. The lowest BCUT2D eigenvalue weighted by molar-refractivity contribution is 0.103. The van der Waals surface area contributed by atoms with Gasteiger partial charge in [0.05, 0.1) is 6.61 Å². The summed E-state index contributed by atoms with van der Waals surface area (Å²) in [7, 11) is 4.29. The van der Waals surface area contributed by atoms with Crippen LogP contribution in [0.4, 0.5) is 0 Å². The molecule has 2 fully saturated rings. The molecule has 1 radical (unpaired) electrons. The lowest BCUT2D eigenvalue weighted by Crippen LogP contribution is -2.45. The summed E-state index contributed by atoms with van der Waals surface area (Å²) in [6.45, 7) is 7.49. The fraction of sp³-hybridized carbons (Fsp3) is 0.500. The number of nitrogens with zero attached hydrogens (tertiary/aromatic N) is 3. The highest BCUT2D eigenvalue weighted by Crippen LogP contribution is 2.23. The average Bonchev–Trinajstić information content (AvgIpc) is 3.29. The number of rotatable bonds is 11. The van der Waals surface area contributed by atoms with Crippen LogP contribution >= 0.6 is 0 Å². The summed E-state index contributed by atoms with van der Waals surface area (Å²) in [5.74, 6) is 1.09. The lowest BCUT2D eigenvalue weighted by Gasteiger charge is -2.32. The van der Waals surface area contributed by atoms with Gasteiger partial charge in [0, 0.05) is 55.5 Å². The third kappa shape index (κ3) is 6.90. The van der Waals surface area contributed by atoms with Crippen molar-refractivity contribution in [1.29, 1.82) is 0 Å². The van der Waals surface area contributed by atoms with E-state index in [0.717, 1.165) is 51.4 Å². The van der Waals surface area contributed by atoms with Crippen LogP contribution in [-0.4, -0.2) is 99.4 Å². The van der Waals surface area contributed by atoms with Crippen molar-refractivity contribution in [3.05, 3.63) is 59.2 Å². The molecule has 35 heavy (non-hydrogen) atoms. The SMILES string of the molecule is CN1CCN(CCOc2ccc(C(=O)c3cc(OCCC4CCCN4C)ccc3[C]=O)cc2)CC1. The molecular weight excluding hydrogens is 442 g/mol. The first-order valence-corrected chi connectivity index (χ1v) is 12.6. The second-order valence-electron chi connectivity index (χ2n) is 9.57. The van der Waals surface area contributed by atoms with Crippen molar-refractivity contribution in [3.63, 3.8) is 0 Å². The zero-order valence-corrected chi connectivity index (χ0v) is 20.9.